The molecule has 0 radical (unpaired) electrons. The van der Waals surface area contributed by atoms with E-state index >= 15 is 0 Å². The van der Waals surface area contributed by atoms with Crippen molar-refractivity contribution in [2.75, 3.05) is 27.2 Å². The second-order valence-electron chi connectivity index (χ2n) is 7.21. The summed E-state index contributed by atoms with van der Waals surface area (Å²) in [6, 6.07) is 0.281. The van der Waals surface area contributed by atoms with Crippen molar-refractivity contribution in [2.45, 2.75) is 51.6 Å². The van der Waals surface area contributed by atoms with Gasteiger partial charge in [-0.1, -0.05) is 6.92 Å². The Morgan fingerprint density at radius 1 is 1.45 bits per heavy atom. The minimum atomic E-state index is -0.518. The van der Waals surface area contributed by atoms with Gasteiger partial charge in [-0.3, -0.25) is 5.32 Å². The highest BCUT2D eigenvalue weighted by atomic mass is 16.5. The highest BCUT2D eigenvalue weighted by molar-refractivity contribution is 5.82. The molecule has 2 fully saturated rings. The summed E-state index contributed by atoms with van der Waals surface area (Å²) in [4.78, 5) is 14.8. The maximum atomic E-state index is 12.4. The number of nitrogens with zero attached hydrogens (tertiary/aromatic N) is 1. The Morgan fingerprint density at radius 2 is 2.05 bits per heavy atom. The third-order valence-corrected chi connectivity index (χ3v) is 4.71. The smallest absolute Gasteiger partial charge is 0.327 e. The molecule has 20 heavy (non-hydrogen) atoms. The average molecular weight is 282 g/mol. The standard InChI is InChI=1S/C16H30N2O2/c1-11(2)17-16(14-6-7-14,15(19)20-5)10-18(4)9-13-8-12(13)3/h11-14,17H,6-10H2,1-5H3. The fraction of sp³-hybridized carbons (Fsp3) is 0.938. The molecule has 0 bridgehead atoms. The summed E-state index contributed by atoms with van der Waals surface area (Å²) >= 11 is 0. The molecule has 4 nitrogen and oxygen atoms in total. The monoisotopic (exact) mass is 282 g/mol. The molecule has 1 N–H and O–H groups in total. The SMILES string of the molecule is COC(=O)C(CN(C)CC1CC1C)(NC(C)C)C1CC1. The minimum Gasteiger partial charge on any atom is -0.468 e. The van der Waals surface area contributed by atoms with E-state index in [-0.39, 0.29) is 12.0 Å². The van der Waals surface area contributed by atoms with E-state index < -0.39 is 5.54 Å². The van der Waals surface area contributed by atoms with Gasteiger partial charge in [0.15, 0.2) is 0 Å². The molecule has 3 atom stereocenters. The van der Waals surface area contributed by atoms with Crippen LogP contribution in [0.1, 0.15) is 40.0 Å². The van der Waals surface area contributed by atoms with Crippen LogP contribution in [0.25, 0.3) is 0 Å². The molecule has 0 spiro atoms. The first-order valence-electron chi connectivity index (χ1n) is 7.93. The zero-order valence-corrected chi connectivity index (χ0v) is 13.6. The van der Waals surface area contributed by atoms with E-state index in [0.29, 0.717) is 5.92 Å². The fourth-order valence-electron chi connectivity index (χ4n) is 3.40. The van der Waals surface area contributed by atoms with Crippen LogP contribution in [0.4, 0.5) is 0 Å². The highest BCUT2D eigenvalue weighted by Gasteiger charge is 2.53. The molecule has 0 aliphatic heterocycles. The lowest BCUT2D eigenvalue weighted by Gasteiger charge is -2.37. The van der Waals surface area contributed by atoms with E-state index in [2.05, 4.69) is 38.0 Å². The molecule has 3 unspecified atom stereocenters. The molecule has 0 amide bonds. The Labute approximate surface area is 123 Å². The maximum absolute atomic E-state index is 12.4. The summed E-state index contributed by atoms with van der Waals surface area (Å²) in [7, 11) is 3.64. The summed E-state index contributed by atoms with van der Waals surface area (Å²) in [6.07, 6.45) is 3.58. The number of rotatable bonds is 8. The summed E-state index contributed by atoms with van der Waals surface area (Å²) in [5.74, 6) is 2.00. The number of likely N-dealkylation sites (N-methyl/N-ethyl adjacent to an activating group) is 1. The van der Waals surface area contributed by atoms with Gasteiger partial charge in [0.05, 0.1) is 7.11 Å². The van der Waals surface area contributed by atoms with Crippen LogP contribution in [-0.2, 0) is 9.53 Å². The van der Waals surface area contributed by atoms with Crippen molar-refractivity contribution >= 4 is 5.97 Å². The first kappa shape index (κ1) is 15.8. The van der Waals surface area contributed by atoms with E-state index in [1.165, 1.54) is 13.5 Å². The number of hydrogen-bond acceptors (Lipinski definition) is 4. The summed E-state index contributed by atoms with van der Waals surface area (Å²) in [6.45, 7) is 8.35. The number of methoxy groups -OCH3 is 1. The second kappa shape index (κ2) is 6.02. The van der Waals surface area contributed by atoms with Crippen molar-refractivity contribution in [3.05, 3.63) is 0 Å². The Morgan fingerprint density at radius 3 is 2.45 bits per heavy atom. The third kappa shape index (κ3) is 3.53. The van der Waals surface area contributed by atoms with E-state index in [1.807, 2.05) is 0 Å². The van der Waals surface area contributed by atoms with Gasteiger partial charge in [-0.2, -0.15) is 0 Å². The van der Waals surface area contributed by atoms with Crippen molar-refractivity contribution in [3.63, 3.8) is 0 Å². The molecule has 2 saturated carbocycles. The quantitative estimate of drug-likeness (QED) is 0.690. The first-order chi connectivity index (χ1) is 9.39. The molecule has 0 saturated heterocycles. The van der Waals surface area contributed by atoms with E-state index in [4.69, 9.17) is 4.74 Å². The van der Waals surface area contributed by atoms with Gasteiger partial charge in [-0.15, -0.1) is 0 Å². The molecule has 2 aliphatic carbocycles. The van der Waals surface area contributed by atoms with Crippen LogP contribution in [0.15, 0.2) is 0 Å². The molecule has 4 heteroatoms. The van der Waals surface area contributed by atoms with Crippen molar-refractivity contribution in [1.29, 1.82) is 0 Å². The van der Waals surface area contributed by atoms with Gasteiger partial charge in [0.25, 0.3) is 0 Å². The van der Waals surface area contributed by atoms with Gasteiger partial charge in [0, 0.05) is 19.1 Å². The molecule has 0 aromatic rings. The Balaban J connectivity index is 2.05. The molecule has 2 rings (SSSR count). The van der Waals surface area contributed by atoms with Crippen LogP contribution in [0.5, 0.6) is 0 Å². The van der Waals surface area contributed by atoms with E-state index in [1.54, 1.807) is 0 Å². The lowest BCUT2D eigenvalue weighted by molar-refractivity contribution is -0.151. The van der Waals surface area contributed by atoms with Crippen molar-refractivity contribution in [3.8, 4) is 0 Å². The van der Waals surface area contributed by atoms with Crippen molar-refractivity contribution in [1.82, 2.24) is 10.2 Å². The van der Waals surface area contributed by atoms with Crippen LogP contribution in [0.2, 0.25) is 0 Å². The van der Waals surface area contributed by atoms with Gasteiger partial charge < -0.3 is 9.64 Å². The lowest BCUT2D eigenvalue weighted by Crippen LogP contribution is -2.62. The van der Waals surface area contributed by atoms with Gasteiger partial charge in [-0.25, -0.2) is 4.79 Å². The molecule has 0 aromatic carbocycles. The predicted molar refractivity (Wildman–Crippen MR) is 80.5 cm³/mol. The normalized spacial score (nSPS) is 28.6. The van der Waals surface area contributed by atoms with Crippen LogP contribution >= 0.6 is 0 Å². The Bertz CT molecular complexity index is 354. The zero-order chi connectivity index (χ0) is 14.9. The second-order valence-corrected chi connectivity index (χ2v) is 7.21. The van der Waals surface area contributed by atoms with Crippen molar-refractivity contribution in [2.24, 2.45) is 17.8 Å². The van der Waals surface area contributed by atoms with Crippen LogP contribution in [-0.4, -0.2) is 49.7 Å². The molecule has 116 valence electrons. The minimum absolute atomic E-state index is 0.0932. The highest BCUT2D eigenvalue weighted by Crippen LogP contribution is 2.42. The summed E-state index contributed by atoms with van der Waals surface area (Å²) < 4.78 is 5.13. The molecule has 0 heterocycles. The maximum Gasteiger partial charge on any atom is 0.327 e. The largest absolute Gasteiger partial charge is 0.468 e. The van der Waals surface area contributed by atoms with Gasteiger partial charge in [0.2, 0.25) is 0 Å². The van der Waals surface area contributed by atoms with E-state index in [9.17, 15) is 4.79 Å². The third-order valence-electron chi connectivity index (χ3n) is 4.71. The summed E-state index contributed by atoms with van der Waals surface area (Å²) in [5.41, 5.74) is -0.518. The number of carbonyl (C=O) groups is 1. The van der Waals surface area contributed by atoms with Gasteiger partial charge in [-0.05, 0) is 57.9 Å². The van der Waals surface area contributed by atoms with E-state index in [0.717, 1.165) is 37.8 Å². The molecule has 0 aromatic heterocycles. The Hall–Kier alpha value is -0.610. The average Bonchev–Trinajstić information content (AvgIpc) is 3.25. The number of esters is 1. The number of nitrogens with one attached hydrogen (secondary N) is 1. The fourth-order valence-corrected chi connectivity index (χ4v) is 3.40. The lowest BCUT2D eigenvalue weighted by atomic mass is 9.91. The predicted octanol–water partition coefficient (Wildman–Crippen LogP) is 1.89. The number of ether oxygens (including phenoxy) is 1. The van der Waals surface area contributed by atoms with Crippen molar-refractivity contribution < 1.29 is 9.53 Å². The topological polar surface area (TPSA) is 41.6 Å². The van der Waals surface area contributed by atoms with Crippen LogP contribution < -0.4 is 5.32 Å². The van der Waals surface area contributed by atoms with Crippen LogP contribution in [0, 0.1) is 17.8 Å². The Kier molecular flexibility index (Phi) is 4.75. The zero-order valence-electron chi connectivity index (χ0n) is 13.6. The molecular formula is C16H30N2O2. The molecule has 2 aliphatic rings. The first-order valence-corrected chi connectivity index (χ1v) is 7.93. The van der Waals surface area contributed by atoms with Crippen LogP contribution in [0.3, 0.4) is 0 Å². The number of hydrogen-bond donors (Lipinski definition) is 1. The number of carbonyl (C=O) groups excluding carboxylic acids is 1. The molecular weight excluding hydrogens is 252 g/mol. The van der Waals surface area contributed by atoms with Gasteiger partial charge >= 0.3 is 5.97 Å². The summed E-state index contributed by atoms with van der Waals surface area (Å²) in [5, 5.41) is 3.53. The van der Waals surface area contributed by atoms with Gasteiger partial charge in [0.1, 0.15) is 5.54 Å².